The SMILES string of the molecule is [2H]C1([2H])O[C@H]2OCC[C@H]2[C@@]1([2H])OC(=O)N[C@@H](Cc1ccccc1)[C@H](O)CN(CC(C)C)S(=O)(=O)c1ccc(C)cc1. The molecule has 5 atom stereocenters. The van der Waals surface area contributed by atoms with Crippen molar-refractivity contribution in [1.29, 1.82) is 0 Å². The second-order valence-electron chi connectivity index (χ2n) is 10.1. The molecule has 0 spiro atoms. The van der Waals surface area contributed by atoms with E-state index in [1.807, 2.05) is 26.8 Å². The number of hydrogen-bond acceptors (Lipinski definition) is 7. The number of rotatable bonds is 11. The van der Waals surface area contributed by atoms with Gasteiger partial charge in [0.1, 0.15) is 6.08 Å². The number of ether oxygens (including phenoxy) is 3. The summed E-state index contributed by atoms with van der Waals surface area (Å²) in [4.78, 5) is 13.2. The molecule has 0 bridgehead atoms. The molecular formula is C28H38N2O7S. The second kappa shape index (κ2) is 12.6. The van der Waals surface area contributed by atoms with Gasteiger partial charge in [-0.05, 0) is 43.4 Å². The number of sulfonamides is 1. The highest BCUT2D eigenvalue weighted by atomic mass is 32.2. The fourth-order valence-electron chi connectivity index (χ4n) is 4.53. The molecule has 9 nitrogen and oxygen atoms in total. The first-order chi connectivity index (χ1) is 19.2. The minimum atomic E-state index is -3.98. The van der Waals surface area contributed by atoms with E-state index >= 15 is 0 Å². The van der Waals surface area contributed by atoms with Crippen molar-refractivity contribution in [3.05, 3.63) is 65.7 Å². The highest BCUT2D eigenvalue weighted by Gasteiger charge is 2.44. The Hall–Kier alpha value is -2.50. The third-order valence-corrected chi connectivity index (χ3v) is 8.38. The number of carbonyl (C=O) groups is 1. The summed E-state index contributed by atoms with van der Waals surface area (Å²) in [6.07, 6.45) is -5.48. The maximum Gasteiger partial charge on any atom is 0.407 e. The van der Waals surface area contributed by atoms with Gasteiger partial charge in [-0.2, -0.15) is 4.31 Å². The monoisotopic (exact) mass is 549 g/mol. The van der Waals surface area contributed by atoms with Gasteiger partial charge in [-0.3, -0.25) is 0 Å². The maximum atomic E-state index is 13.6. The zero-order valence-corrected chi connectivity index (χ0v) is 22.7. The van der Waals surface area contributed by atoms with Gasteiger partial charge in [0.05, 0.1) is 40.2 Å². The van der Waals surface area contributed by atoms with Crippen molar-refractivity contribution in [3.63, 3.8) is 0 Å². The summed E-state index contributed by atoms with van der Waals surface area (Å²) in [6, 6.07) is 14.4. The van der Waals surface area contributed by atoms with E-state index in [-0.39, 0.29) is 43.4 Å². The first-order valence-electron chi connectivity index (χ1n) is 14.3. The minimum Gasteiger partial charge on any atom is -0.443 e. The molecule has 0 aliphatic carbocycles. The number of aliphatic hydroxyl groups excluding tert-OH is 1. The molecule has 2 saturated heterocycles. The lowest BCUT2D eigenvalue weighted by atomic mass is 10.0. The Bertz CT molecular complexity index is 1300. The maximum absolute atomic E-state index is 13.6. The number of aliphatic hydroxyl groups is 1. The van der Waals surface area contributed by atoms with Crippen LogP contribution in [0.1, 0.15) is 35.5 Å². The summed E-state index contributed by atoms with van der Waals surface area (Å²) in [7, 11) is -3.98. The molecule has 2 fully saturated rings. The molecule has 0 saturated carbocycles. The molecule has 4 rings (SSSR count). The third kappa shape index (κ3) is 7.12. The first-order valence-corrected chi connectivity index (χ1v) is 14.2. The van der Waals surface area contributed by atoms with E-state index in [0.717, 1.165) is 11.1 Å². The van der Waals surface area contributed by atoms with Crippen molar-refractivity contribution in [2.75, 3.05) is 26.3 Å². The number of benzene rings is 2. The summed E-state index contributed by atoms with van der Waals surface area (Å²) in [5, 5.41) is 14.0. The van der Waals surface area contributed by atoms with Crippen LogP contribution in [-0.2, 0) is 30.7 Å². The molecule has 0 radical (unpaired) electrons. The van der Waals surface area contributed by atoms with Crippen LogP contribution in [-0.4, -0.2) is 74.7 Å². The molecule has 1 amide bonds. The van der Waals surface area contributed by atoms with Gasteiger partial charge in [0.25, 0.3) is 0 Å². The van der Waals surface area contributed by atoms with E-state index < -0.39 is 53.1 Å². The van der Waals surface area contributed by atoms with Gasteiger partial charge in [0.2, 0.25) is 10.0 Å². The summed E-state index contributed by atoms with van der Waals surface area (Å²) >= 11 is 0. The first kappa shape index (κ1) is 24.5. The number of hydrogen-bond donors (Lipinski definition) is 2. The van der Waals surface area contributed by atoms with Crippen LogP contribution in [0.2, 0.25) is 0 Å². The Balaban J connectivity index is 1.56. The predicted octanol–water partition coefficient (Wildman–Crippen LogP) is 3.10. The van der Waals surface area contributed by atoms with E-state index in [9.17, 15) is 18.3 Å². The van der Waals surface area contributed by atoms with Gasteiger partial charge >= 0.3 is 6.09 Å². The van der Waals surface area contributed by atoms with E-state index in [1.165, 1.54) is 16.4 Å². The molecule has 2 aromatic carbocycles. The lowest BCUT2D eigenvalue weighted by Gasteiger charge is -2.31. The molecule has 0 aromatic heterocycles. The molecule has 2 aromatic rings. The molecule has 2 aliphatic heterocycles. The number of amides is 1. The lowest BCUT2D eigenvalue weighted by molar-refractivity contribution is -0.0907. The molecular weight excluding hydrogens is 508 g/mol. The minimum absolute atomic E-state index is 0.0535. The van der Waals surface area contributed by atoms with Crippen LogP contribution >= 0.6 is 0 Å². The number of alkyl carbamates (subject to hydrolysis) is 1. The highest BCUT2D eigenvalue weighted by Crippen LogP contribution is 2.33. The Labute approximate surface area is 229 Å². The van der Waals surface area contributed by atoms with E-state index in [4.69, 9.17) is 18.3 Å². The van der Waals surface area contributed by atoms with E-state index in [0.29, 0.717) is 0 Å². The molecule has 2 N–H and O–H groups in total. The molecule has 2 heterocycles. The quantitative estimate of drug-likeness (QED) is 0.443. The van der Waals surface area contributed by atoms with Crippen molar-refractivity contribution < 1.29 is 36.6 Å². The van der Waals surface area contributed by atoms with Gasteiger partial charge in [-0.25, -0.2) is 13.2 Å². The Kier molecular flexibility index (Phi) is 8.12. The number of nitrogens with one attached hydrogen (secondary N) is 1. The van der Waals surface area contributed by atoms with Crippen LogP contribution in [0, 0.1) is 18.8 Å². The zero-order valence-electron chi connectivity index (χ0n) is 24.9. The normalized spacial score (nSPS) is 27.3. The topological polar surface area (TPSA) is 114 Å². The van der Waals surface area contributed by atoms with Gasteiger partial charge < -0.3 is 24.6 Å². The van der Waals surface area contributed by atoms with Crippen LogP contribution < -0.4 is 5.32 Å². The van der Waals surface area contributed by atoms with Gasteiger partial charge in [-0.15, -0.1) is 0 Å². The van der Waals surface area contributed by atoms with Gasteiger partial charge in [0.15, 0.2) is 6.29 Å². The number of aryl methyl sites for hydroxylation is 1. The van der Waals surface area contributed by atoms with Crippen molar-refractivity contribution >= 4 is 16.1 Å². The smallest absolute Gasteiger partial charge is 0.407 e. The van der Waals surface area contributed by atoms with Crippen LogP contribution in [0.15, 0.2) is 59.5 Å². The van der Waals surface area contributed by atoms with E-state index in [2.05, 4.69) is 5.32 Å². The average Bonchev–Trinajstić information content (AvgIpc) is 3.42. The zero-order chi connectivity index (χ0) is 30.0. The van der Waals surface area contributed by atoms with Crippen molar-refractivity contribution in [3.8, 4) is 0 Å². The van der Waals surface area contributed by atoms with Crippen LogP contribution in [0.4, 0.5) is 4.79 Å². The van der Waals surface area contributed by atoms with Gasteiger partial charge in [0, 0.05) is 13.1 Å². The van der Waals surface area contributed by atoms with Crippen LogP contribution in [0.25, 0.3) is 0 Å². The molecule has 10 heteroatoms. The molecule has 2 aliphatic rings. The van der Waals surface area contributed by atoms with Crippen molar-refractivity contribution in [2.45, 2.75) is 63.0 Å². The number of carbonyl (C=O) groups excluding carboxylic acids is 1. The average molecular weight is 550 g/mol. The highest BCUT2D eigenvalue weighted by molar-refractivity contribution is 7.89. The Morgan fingerprint density at radius 2 is 1.89 bits per heavy atom. The standard InChI is InChI=1S/C28H38N2O7S/c1-19(2)16-30(38(33,34)22-11-9-20(3)10-12-22)17-25(31)24(15-21-7-5-4-6-8-21)29-28(32)37-26-18-36-27-23(26)13-14-35-27/h4-12,19,23-27,31H,13-18H2,1-3H3,(H,29,32)/t23-,24-,25+,26-,27+/m0/s1/i18D2,26D. The Morgan fingerprint density at radius 1 is 1.18 bits per heavy atom. The fourth-order valence-corrected chi connectivity index (χ4v) is 6.15. The number of nitrogens with zero attached hydrogens (tertiary/aromatic N) is 1. The number of fused-ring (bicyclic) bond motifs is 1. The Morgan fingerprint density at radius 3 is 2.58 bits per heavy atom. The largest absolute Gasteiger partial charge is 0.443 e. The van der Waals surface area contributed by atoms with Crippen molar-refractivity contribution in [1.82, 2.24) is 9.62 Å². The van der Waals surface area contributed by atoms with Crippen molar-refractivity contribution in [2.24, 2.45) is 11.8 Å². The second-order valence-corrected chi connectivity index (χ2v) is 12.1. The summed E-state index contributed by atoms with van der Waals surface area (Å²) < 4.78 is 69.2. The molecule has 38 heavy (non-hydrogen) atoms. The van der Waals surface area contributed by atoms with Crippen LogP contribution in [0.3, 0.4) is 0 Å². The third-order valence-electron chi connectivity index (χ3n) is 6.54. The summed E-state index contributed by atoms with van der Waals surface area (Å²) in [6.45, 7) is 3.03. The van der Waals surface area contributed by atoms with Gasteiger partial charge in [-0.1, -0.05) is 61.9 Å². The summed E-state index contributed by atoms with van der Waals surface area (Å²) in [5.41, 5.74) is 1.67. The molecule has 208 valence electrons. The predicted molar refractivity (Wildman–Crippen MR) is 142 cm³/mol. The lowest BCUT2D eigenvalue weighted by Crippen LogP contribution is -2.51. The fraction of sp³-hybridized carbons (Fsp3) is 0.536. The van der Waals surface area contributed by atoms with E-state index in [1.54, 1.807) is 36.4 Å². The summed E-state index contributed by atoms with van der Waals surface area (Å²) in [5.74, 6) is -0.885. The molecule has 0 unspecified atom stereocenters. The van der Waals surface area contributed by atoms with Crippen LogP contribution in [0.5, 0.6) is 0 Å².